The third-order valence-electron chi connectivity index (χ3n) is 5.05. The lowest BCUT2D eigenvalue weighted by Crippen LogP contribution is -2.40. The van der Waals surface area contributed by atoms with Gasteiger partial charge in [0.1, 0.15) is 5.82 Å². The number of benzene rings is 1. The maximum atomic E-state index is 14.8. The Labute approximate surface area is 182 Å². The highest BCUT2D eigenvalue weighted by molar-refractivity contribution is 7.59. The van der Waals surface area contributed by atoms with Crippen LogP contribution in [-0.2, 0) is 19.1 Å². The topological polar surface area (TPSA) is 157 Å². The number of ketones is 1. The lowest BCUT2D eigenvalue weighted by molar-refractivity contribution is -0.143. The Hall–Kier alpha value is -2.92. The highest BCUT2D eigenvalue weighted by atomic mass is 31.2. The van der Waals surface area contributed by atoms with Gasteiger partial charge in [0, 0.05) is 25.7 Å². The number of nitrogens with one attached hydrogen (secondary N) is 1. The van der Waals surface area contributed by atoms with E-state index in [0.29, 0.717) is 5.57 Å². The van der Waals surface area contributed by atoms with Crippen molar-refractivity contribution in [3.63, 3.8) is 0 Å². The van der Waals surface area contributed by atoms with E-state index in [0.717, 1.165) is 15.9 Å². The Bertz CT molecular complexity index is 993. The Morgan fingerprint density at radius 2 is 2.00 bits per heavy atom. The molecule has 1 atom stereocenters. The zero-order valence-corrected chi connectivity index (χ0v) is 17.9. The van der Waals surface area contributed by atoms with E-state index in [1.807, 2.05) is 0 Å². The fourth-order valence-electron chi connectivity index (χ4n) is 3.44. The Morgan fingerprint density at radius 1 is 1.28 bits per heavy atom. The number of likely N-dealkylation sites (N-methyl/N-ethyl adjacent to an activating group) is 1. The number of carbonyl (C=O) groups is 4. The summed E-state index contributed by atoms with van der Waals surface area (Å²) in [5, 5.41) is 2.38. The van der Waals surface area contributed by atoms with E-state index in [4.69, 9.17) is 19.4 Å². The van der Waals surface area contributed by atoms with Gasteiger partial charge in [-0.1, -0.05) is 6.08 Å². The molecule has 2 aliphatic heterocycles. The fraction of sp³-hybridized carbons (Fsp3) is 0.368. The molecule has 1 aromatic carbocycles. The molecule has 0 saturated carbocycles. The van der Waals surface area contributed by atoms with E-state index in [2.05, 4.69) is 5.32 Å². The first kappa shape index (κ1) is 23.7. The van der Waals surface area contributed by atoms with Crippen molar-refractivity contribution in [2.75, 3.05) is 37.7 Å². The number of halogens is 1. The van der Waals surface area contributed by atoms with Crippen LogP contribution in [0.5, 0.6) is 0 Å². The summed E-state index contributed by atoms with van der Waals surface area (Å²) in [7, 11) is -2.98. The van der Waals surface area contributed by atoms with Gasteiger partial charge in [0.2, 0.25) is 6.16 Å². The molecule has 0 radical (unpaired) electrons. The number of hydrogen-bond acceptors (Lipinski definition) is 8. The maximum absolute atomic E-state index is 14.8. The molecule has 3 rings (SSSR count). The van der Waals surface area contributed by atoms with Crippen molar-refractivity contribution >= 4 is 42.9 Å². The summed E-state index contributed by atoms with van der Waals surface area (Å²) < 4.78 is 19.8. The minimum atomic E-state index is -4.39. The molecule has 0 spiro atoms. The van der Waals surface area contributed by atoms with Gasteiger partial charge >= 0.3 is 14.0 Å². The second-order valence-electron chi connectivity index (χ2n) is 7.27. The third kappa shape index (κ3) is 5.28. The SMILES string of the molecule is CNC(=O)[C@H]1CN(c2ccc(C3=CCN(C(=O)C(=O)C[P+](O)(O)O)CC3)c(F)c2)C(=O)O1. The maximum Gasteiger partial charge on any atom is 0.415 e. The van der Waals surface area contributed by atoms with Crippen LogP contribution in [0, 0.1) is 5.82 Å². The Balaban J connectivity index is 1.69. The molecule has 1 fully saturated rings. The second-order valence-corrected chi connectivity index (χ2v) is 8.97. The van der Waals surface area contributed by atoms with Crippen LogP contribution in [-0.4, -0.2) is 82.2 Å². The summed E-state index contributed by atoms with van der Waals surface area (Å²) in [6.07, 6.45) is -0.997. The number of hydrogen-bond donors (Lipinski definition) is 4. The number of cyclic esters (lactones) is 1. The normalized spacial score (nSPS) is 18.8. The van der Waals surface area contributed by atoms with Gasteiger partial charge in [-0.3, -0.25) is 19.3 Å². The van der Waals surface area contributed by atoms with Gasteiger partial charge in [-0.05, 0) is 30.2 Å². The highest BCUT2D eigenvalue weighted by Crippen LogP contribution is 2.44. The van der Waals surface area contributed by atoms with Crippen molar-refractivity contribution in [3.05, 3.63) is 35.7 Å². The minimum Gasteiger partial charge on any atom is -0.434 e. The van der Waals surface area contributed by atoms with Crippen LogP contribution in [0.15, 0.2) is 24.3 Å². The third-order valence-corrected chi connectivity index (χ3v) is 5.76. The van der Waals surface area contributed by atoms with Crippen molar-refractivity contribution in [2.45, 2.75) is 12.5 Å². The van der Waals surface area contributed by atoms with Gasteiger partial charge in [0.15, 0.2) is 6.10 Å². The highest BCUT2D eigenvalue weighted by Gasteiger charge is 2.39. The molecule has 0 unspecified atom stereocenters. The van der Waals surface area contributed by atoms with Crippen LogP contribution in [0.2, 0.25) is 0 Å². The van der Waals surface area contributed by atoms with E-state index in [9.17, 15) is 23.6 Å². The first-order valence-corrected chi connectivity index (χ1v) is 11.4. The number of Topliss-reactive ketones (excluding diaryl/α,β-unsaturated/α-hetero) is 1. The summed E-state index contributed by atoms with van der Waals surface area (Å²) in [5.74, 6) is -3.16. The number of anilines is 1. The molecule has 3 amide bonds. The second kappa shape index (κ2) is 9.29. The van der Waals surface area contributed by atoms with Crippen molar-refractivity contribution < 1.29 is 43.0 Å². The molecular weight excluding hydrogens is 448 g/mol. The quantitative estimate of drug-likeness (QED) is 0.330. The molecule has 0 bridgehead atoms. The molecule has 11 nitrogen and oxygen atoms in total. The van der Waals surface area contributed by atoms with Crippen LogP contribution in [0.3, 0.4) is 0 Å². The summed E-state index contributed by atoms with van der Waals surface area (Å²) in [6, 6.07) is 4.14. The Morgan fingerprint density at radius 3 is 2.56 bits per heavy atom. The zero-order valence-electron chi connectivity index (χ0n) is 17.0. The number of carbonyl (C=O) groups excluding carboxylic acids is 4. The summed E-state index contributed by atoms with van der Waals surface area (Å²) in [5.41, 5.74) is 1.07. The number of rotatable bonds is 6. The van der Waals surface area contributed by atoms with E-state index in [1.54, 1.807) is 6.08 Å². The summed E-state index contributed by atoms with van der Waals surface area (Å²) in [6.45, 7) is 0.0445. The smallest absolute Gasteiger partial charge is 0.415 e. The van der Waals surface area contributed by atoms with Crippen molar-refractivity contribution in [3.8, 4) is 0 Å². The monoisotopic (exact) mass is 470 g/mol. The van der Waals surface area contributed by atoms with Crippen LogP contribution < -0.4 is 10.2 Å². The lowest BCUT2D eigenvalue weighted by atomic mass is 9.98. The first-order valence-electron chi connectivity index (χ1n) is 9.57. The van der Waals surface area contributed by atoms with E-state index >= 15 is 0 Å². The average molecular weight is 470 g/mol. The van der Waals surface area contributed by atoms with Gasteiger partial charge in [-0.2, -0.15) is 14.7 Å². The van der Waals surface area contributed by atoms with Crippen molar-refractivity contribution in [1.29, 1.82) is 0 Å². The molecule has 32 heavy (non-hydrogen) atoms. The van der Waals surface area contributed by atoms with E-state index in [1.165, 1.54) is 19.2 Å². The van der Waals surface area contributed by atoms with Crippen LogP contribution in [0.25, 0.3) is 5.57 Å². The van der Waals surface area contributed by atoms with Gasteiger partial charge in [-0.25, -0.2) is 9.18 Å². The van der Waals surface area contributed by atoms with Crippen LogP contribution in [0.4, 0.5) is 14.9 Å². The lowest BCUT2D eigenvalue weighted by Gasteiger charge is -2.26. The van der Waals surface area contributed by atoms with E-state index in [-0.39, 0.29) is 37.3 Å². The van der Waals surface area contributed by atoms with Crippen molar-refractivity contribution in [2.24, 2.45) is 0 Å². The number of amides is 3. The van der Waals surface area contributed by atoms with E-state index < -0.39 is 49.7 Å². The molecule has 1 saturated heterocycles. The Kier molecular flexibility index (Phi) is 6.89. The standard InChI is InChI=1S/C19H21FN3O8P/c1-21-17(25)16-9-23(19(27)31-16)12-2-3-13(14(20)8-12)11-4-6-22(7-5-11)18(26)15(24)10-32(28,29)30/h2-4,8,16,28-30H,5-7,9-10H2,1H3/p+1/t16-/m1/s1. The van der Waals surface area contributed by atoms with Gasteiger partial charge < -0.3 is 15.0 Å². The molecular formula is C19H22FN3O8P+. The fourth-order valence-corrected chi connectivity index (χ4v) is 3.96. The predicted octanol–water partition coefficient (Wildman–Crippen LogP) is -0.179. The summed E-state index contributed by atoms with van der Waals surface area (Å²) in [4.78, 5) is 76.7. The number of ether oxygens (including phenoxy) is 1. The molecule has 2 heterocycles. The van der Waals surface area contributed by atoms with Gasteiger partial charge in [-0.15, -0.1) is 0 Å². The first-order chi connectivity index (χ1) is 15.0. The molecule has 1 aromatic rings. The molecule has 13 heteroatoms. The van der Waals surface area contributed by atoms with Crippen molar-refractivity contribution in [1.82, 2.24) is 10.2 Å². The van der Waals surface area contributed by atoms with Gasteiger partial charge in [0.05, 0.1) is 12.2 Å². The average Bonchev–Trinajstić information content (AvgIpc) is 3.13. The molecule has 0 aliphatic carbocycles. The van der Waals surface area contributed by atoms with Gasteiger partial charge in [0.25, 0.3) is 17.6 Å². The molecule has 0 aromatic heterocycles. The molecule has 4 N–H and O–H groups in total. The minimum absolute atomic E-state index is 0.00108. The summed E-state index contributed by atoms with van der Waals surface area (Å²) >= 11 is 0. The van der Waals surface area contributed by atoms with Crippen LogP contribution in [0.1, 0.15) is 12.0 Å². The van der Waals surface area contributed by atoms with Crippen LogP contribution >= 0.6 is 7.94 Å². The number of nitrogens with zero attached hydrogens (tertiary/aromatic N) is 2. The zero-order chi connectivity index (χ0) is 23.6. The predicted molar refractivity (Wildman–Crippen MR) is 111 cm³/mol. The molecule has 2 aliphatic rings. The largest absolute Gasteiger partial charge is 0.434 e. The molecule has 172 valence electrons.